The fraction of sp³-hybridized carbons (Fsp3) is 0.417. The predicted octanol–water partition coefficient (Wildman–Crippen LogP) is 3.07. The van der Waals surface area contributed by atoms with E-state index < -0.39 is 0 Å². The van der Waals surface area contributed by atoms with Crippen molar-refractivity contribution in [3.63, 3.8) is 0 Å². The summed E-state index contributed by atoms with van der Waals surface area (Å²) in [6.45, 7) is 2.26. The molecule has 90 valence electrons. The van der Waals surface area contributed by atoms with E-state index in [-0.39, 0.29) is 0 Å². The Labute approximate surface area is 109 Å². The minimum atomic E-state index is 0.524. The van der Waals surface area contributed by atoms with Crippen LogP contribution in [0.15, 0.2) is 18.2 Å². The first-order chi connectivity index (χ1) is 8.20. The van der Waals surface area contributed by atoms with E-state index in [9.17, 15) is 0 Å². The number of nitrogens with zero attached hydrogens (tertiary/aromatic N) is 2. The predicted molar refractivity (Wildman–Crippen MR) is 74.2 cm³/mol. The molecule has 0 bridgehead atoms. The molecular weight excluding hydrogens is 254 g/mol. The second-order valence-corrected chi connectivity index (χ2v) is 5.99. The normalized spacial score (nSPS) is 21.2. The molecule has 0 saturated carbocycles. The number of benzene rings is 1. The lowest BCUT2D eigenvalue weighted by atomic mass is 10.3. The molecule has 3 rings (SSSR count). The highest BCUT2D eigenvalue weighted by Crippen LogP contribution is 2.29. The summed E-state index contributed by atoms with van der Waals surface area (Å²) in [6, 6.07) is 6.38. The van der Waals surface area contributed by atoms with Crippen molar-refractivity contribution in [2.24, 2.45) is 0 Å². The quantitative estimate of drug-likeness (QED) is 0.906. The molecule has 5 heteroatoms. The Morgan fingerprint density at radius 2 is 2.41 bits per heavy atom. The lowest BCUT2D eigenvalue weighted by Gasteiger charge is -2.10. The van der Waals surface area contributed by atoms with E-state index in [1.807, 2.05) is 18.2 Å². The van der Waals surface area contributed by atoms with Crippen molar-refractivity contribution < 1.29 is 0 Å². The minimum Gasteiger partial charge on any atom is -0.357 e. The lowest BCUT2D eigenvalue weighted by molar-refractivity contribution is 0.414. The topological polar surface area (TPSA) is 28.2 Å². The van der Waals surface area contributed by atoms with Gasteiger partial charge in [-0.3, -0.25) is 0 Å². The van der Waals surface area contributed by atoms with E-state index in [4.69, 9.17) is 11.6 Å². The Hall–Kier alpha value is -0.840. The summed E-state index contributed by atoms with van der Waals surface area (Å²) in [6.07, 6.45) is 1.19. The Balaban J connectivity index is 1.81. The fourth-order valence-corrected chi connectivity index (χ4v) is 3.28. The molecule has 1 N–H and O–H groups in total. The lowest BCUT2D eigenvalue weighted by Crippen LogP contribution is -2.23. The van der Waals surface area contributed by atoms with E-state index in [0.29, 0.717) is 6.04 Å². The minimum absolute atomic E-state index is 0.524. The summed E-state index contributed by atoms with van der Waals surface area (Å²) in [7, 11) is 2.15. The van der Waals surface area contributed by atoms with Gasteiger partial charge in [-0.05, 0) is 38.2 Å². The third-order valence-electron chi connectivity index (χ3n) is 3.07. The maximum absolute atomic E-state index is 5.95. The van der Waals surface area contributed by atoms with Crippen molar-refractivity contribution in [2.45, 2.75) is 12.5 Å². The molecule has 1 aliphatic rings. The average Bonchev–Trinajstić information content (AvgIpc) is 2.84. The molecule has 3 nitrogen and oxygen atoms in total. The molecule has 1 saturated heterocycles. The third-order valence-corrected chi connectivity index (χ3v) is 4.27. The zero-order valence-corrected chi connectivity index (χ0v) is 11.2. The van der Waals surface area contributed by atoms with Gasteiger partial charge < -0.3 is 10.2 Å². The van der Waals surface area contributed by atoms with Crippen molar-refractivity contribution in [1.82, 2.24) is 9.88 Å². The Morgan fingerprint density at radius 3 is 3.18 bits per heavy atom. The fourth-order valence-electron chi connectivity index (χ4n) is 2.19. The number of fused-ring (bicyclic) bond motifs is 1. The van der Waals surface area contributed by atoms with Gasteiger partial charge in [0.05, 0.1) is 10.2 Å². The first-order valence-corrected chi connectivity index (χ1v) is 6.91. The van der Waals surface area contributed by atoms with Crippen LogP contribution >= 0.6 is 22.9 Å². The first-order valence-electron chi connectivity index (χ1n) is 5.72. The zero-order chi connectivity index (χ0) is 11.8. The molecule has 1 fully saturated rings. The second-order valence-electron chi connectivity index (χ2n) is 4.52. The first kappa shape index (κ1) is 11.3. The van der Waals surface area contributed by atoms with E-state index in [1.165, 1.54) is 11.1 Å². The van der Waals surface area contributed by atoms with Gasteiger partial charge in [0.2, 0.25) is 0 Å². The van der Waals surface area contributed by atoms with Crippen molar-refractivity contribution in [3.8, 4) is 0 Å². The molecule has 1 aromatic carbocycles. The highest BCUT2D eigenvalue weighted by molar-refractivity contribution is 7.22. The van der Waals surface area contributed by atoms with Crippen LogP contribution in [0.3, 0.4) is 0 Å². The number of likely N-dealkylation sites (tertiary alicyclic amines) is 1. The van der Waals surface area contributed by atoms with Crippen molar-refractivity contribution in [1.29, 1.82) is 0 Å². The number of rotatable bonds is 2. The van der Waals surface area contributed by atoms with Gasteiger partial charge in [0.1, 0.15) is 0 Å². The maximum atomic E-state index is 5.95. The van der Waals surface area contributed by atoms with Gasteiger partial charge >= 0.3 is 0 Å². The molecule has 1 aliphatic heterocycles. The Kier molecular flexibility index (Phi) is 2.94. The molecule has 0 radical (unpaired) electrons. The van der Waals surface area contributed by atoms with Gasteiger partial charge in [-0.25, -0.2) is 4.98 Å². The molecule has 0 spiro atoms. The van der Waals surface area contributed by atoms with Crippen molar-refractivity contribution in [3.05, 3.63) is 23.2 Å². The van der Waals surface area contributed by atoms with Gasteiger partial charge in [0.15, 0.2) is 5.13 Å². The summed E-state index contributed by atoms with van der Waals surface area (Å²) >= 11 is 7.65. The second kappa shape index (κ2) is 4.44. The smallest absolute Gasteiger partial charge is 0.184 e. The molecule has 0 amide bonds. The van der Waals surface area contributed by atoms with Crippen LogP contribution in [0.5, 0.6) is 0 Å². The molecule has 2 heterocycles. The molecule has 1 aromatic heterocycles. The maximum Gasteiger partial charge on any atom is 0.184 e. The Bertz CT molecular complexity index is 540. The van der Waals surface area contributed by atoms with E-state index >= 15 is 0 Å². The van der Waals surface area contributed by atoms with Crippen molar-refractivity contribution in [2.75, 3.05) is 25.5 Å². The van der Waals surface area contributed by atoms with E-state index in [0.717, 1.165) is 28.8 Å². The Morgan fingerprint density at radius 1 is 1.53 bits per heavy atom. The monoisotopic (exact) mass is 267 g/mol. The largest absolute Gasteiger partial charge is 0.357 e. The van der Waals surface area contributed by atoms with Gasteiger partial charge in [-0.1, -0.05) is 22.9 Å². The van der Waals surface area contributed by atoms with Crippen LogP contribution in [-0.4, -0.2) is 36.1 Å². The zero-order valence-electron chi connectivity index (χ0n) is 9.61. The summed E-state index contributed by atoms with van der Waals surface area (Å²) in [4.78, 5) is 6.90. The van der Waals surface area contributed by atoms with Crippen LogP contribution in [0.4, 0.5) is 5.13 Å². The molecule has 1 unspecified atom stereocenters. The number of nitrogens with one attached hydrogen (secondary N) is 1. The van der Waals surface area contributed by atoms with Crippen molar-refractivity contribution >= 4 is 38.3 Å². The van der Waals surface area contributed by atoms with Crippen LogP contribution in [0, 0.1) is 0 Å². The number of anilines is 1. The van der Waals surface area contributed by atoms with Gasteiger partial charge in [0, 0.05) is 17.6 Å². The molecule has 1 atom stereocenters. The average molecular weight is 268 g/mol. The summed E-state index contributed by atoms with van der Waals surface area (Å²) in [5, 5.41) is 5.25. The summed E-state index contributed by atoms with van der Waals surface area (Å²) in [5.74, 6) is 0. The number of hydrogen-bond donors (Lipinski definition) is 1. The molecule has 17 heavy (non-hydrogen) atoms. The van der Waals surface area contributed by atoms with Crippen LogP contribution in [0.2, 0.25) is 5.02 Å². The van der Waals surface area contributed by atoms with E-state index in [1.54, 1.807) is 11.3 Å². The summed E-state index contributed by atoms with van der Waals surface area (Å²) < 4.78 is 1.18. The standard InChI is InChI=1S/C12H14ClN3S/c1-16-5-4-9(7-16)14-12-15-10-6-8(13)2-3-11(10)17-12/h2-3,6,9H,4-5,7H2,1H3,(H,14,15). The van der Waals surface area contributed by atoms with Crippen LogP contribution < -0.4 is 5.32 Å². The van der Waals surface area contributed by atoms with Gasteiger partial charge in [0.25, 0.3) is 0 Å². The summed E-state index contributed by atoms with van der Waals surface area (Å²) in [5.41, 5.74) is 0.983. The van der Waals surface area contributed by atoms with Crippen LogP contribution in [-0.2, 0) is 0 Å². The van der Waals surface area contributed by atoms with Gasteiger partial charge in [-0.15, -0.1) is 0 Å². The SMILES string of the molecule is CN1CCC(Nc2nc3cc(Cl)ccc3s2)C1. The number of hydrogen-bond acceptors (Lipinski definition) is 4. The number of aromatic nitrogens is 1. The third kappa shape index (κ3) is 2.39. The molecule has 0 aliphatic carbocycles. The number of thiazole rings is 1. The number of likely N-dealkylation sites (N-methyl/N-ethyl adjacent to an activating group) is 1. The van der Waals surface area contributed by atoms with E-state index in [2.05, 4.69) is 22.2 Å². The molecular formula is C12H14ClN3S. The highest BCUT2D eigenvalue weighted by Gasteiger charge is 2.20. The number of halogens is 1. The van der Waals surface area contributed by atoms with Gasteiger partial charge in [-0.2, -0.15) is 0 Å². The highest BCUT2D eigenvalue weighted by atomic mass is 35.5. The van der Waals surface area contributed by atoms with Crippen LogP contribution in [0.25, 0.3) is 10.2 Å². The molecule has 2 aromatic rings. The van der Waals surface area contributed by atoms with Crippen LogP contribution in [0.1, 0.15) is 6.42 Å².